The molecule has 4 nitrogen and oxygen atoms in total. The Morgan fingerprint density at radius 1 is 1.04 bits per heavy atom. The van der Waals surface area contributed by atoms with Gasteiger partial charge < -0.3 is 10.2 Å². The highest BCUT2D eigenvalue weighted by atomic mass is 16.2. The summed E-state index contributed by atoms with van der Waals surface area (Å²) >= 11 is 0. The Kier molecular flexibility index (Phi) is 4.27. The summed E-state index contributed by atoms with van der Waals surface area (Å²) in [6.07, 6.45) is 2.18. The predicted octanol–water partition coefficient (Wildman–Crippen LogP) is 2.98. The molecule has 0 bridgehead atoms. The first-order chi connectivity index (χ1) is 12.6. The lowest BCUT2D eigenvalue weighted by molar-refractivity contribution is -0.145. The summed E-state index contributed by atoms with van der Waals surface area (Å²) in [7, 11) is 0. The monoisotopic (exact) mass is 348 g/mol. The van der Waals surface area contributed by atoms with Gasteiger partial charge in [-0.3, -0.25) is 9.59 Å². The van der Waals surface area contributed by atoms with E-state index >= 15 is 0 Å². The standard InChI is InChI=1S/C22H24N2O2/c1-16-6-8-17(9-7-16)14-23-20(25)22(11-12-22)21(26)24-13-10-18-4-2-3-5-19(18)15-24/h2-9H,10-15H2,1H3,(H,23,25). The van der Waals surface area contributed by atoms with Crippen LogP contribution in [0.4, 0.5) is 0 Å². The summed E-state index contributed by atoms with van der Waals surface area (Å²) in [5, 5.41) is 2.97. The second-order valence-electron chi connectivity index (χ2n) is 7.50. The number of hydrogen-bond donors (Lipinski definition) is 1. The Labute approximate surface area is 154 Å². The average Bonchev–Trinajstić information content (AvgIpc) is 3.48. The van der Waals surface area contributed by atoms with Crippen molar-refractivity contribution in [1.82, 2.24) is 10.2 Å². The predicted molar refractivity (Wildman–Crippen MR) is 100 cm³/mol. The first-order valence-electron chi connectivity index (χ1n) is 9.28. The molecule has 0 aromatic heterocycles. The molecule has 0 unspecified atom stereocenters. The van der Waals surface area contributed by atoms with Crippen LogP contribution < -0.4 is 5.32 Å². The molecule has 4 rings (SSSR count). The van der Waals surface area contributed by atoms with Crippen LogP contribution in [0.2, 0.25) is 0 Å². The van der Waals surface area contributed by atoms with Gasteiger partial charge in [0.25, 0.3) is 0 Å². The van der Waals surface area contributed by atoms with E-state index in [2.05, 4.69) is 17.4 Å². The van der Waals surface area contributed by atoms with Crippen LogP contribution in [-0.2, 0) is 29.1 Å². The van der Waals surface area contributed by atoms with Crippen molar-refractivity contribution in [2.75, 3.05) is 6.54 Å². The van der Waals surface area contributed by atoms with Crippen LogP contribution in [0.5, 0.6) is 0 Å². The molecule has 1 N–H and O–H groups in total. The van der Waals surface area contributed by atoms with Gasteiger partial charge in [-0.25, -0.2) is 0 Å². The number of hydrogen-bond acceptors (Lipinski definition) is 2. The molecule has 1 aliphatic carbocycles. The fourth-order valence-electron chi connectivity index (χ4n) is 3.69. The van der Waals surface area contributed by atoms with E-state index in [-0.39, 0.29) is 11.8 Å². The van der Waals surface area contributed by atoms with E-state index in [4.69, 9.17) is 0 Å². The zero-order chi connectivity index (χ0) is 18.1. The Balaban J connectivity index is 1.41. The molecular weight excluding hydrogens is 324 g/mol. The van der Waals surface area contributed by atoms with Gasteiger partial charge in [-0.1, -0.05) is 54.1 Å². The van der Waals surface area contributed by atoms with E-state index in [0.29, 0.717) is 32.5 Å². The van der Waals surface area contributed by atoms with Crippen LogP contribution in [0.3, 0.4) is 0 Å². The fourth-order valence-corrected chi connectivity index (χ4v) is 3.69. The van der Waals surface area contributed by atoms with Crippen molar-refractivity contribution in [3.05, 3.63) is 70.8 Å². The van der Waals surface area contributed by atoms with Gasteiger partial charge in [0.05, 0.1) is 0 Å². The summed E-state index contributed by atoms with van der Waals surface area (Å²) in [4.78, 5) is 27.7. The highest BCUT2D eigenvalue weighted by molar-refractivity contribution is 6.07. The Hall–Kier alpha value is -2.62. The van der Waals surface area contributed by atoms with Crippen LogP contribution >= 0.6 is 0 Å². The normalized spacial score (nSPS) is 17.3. The average molecular weight is 348 g/mol. The smallest absolute Gasteiger partial charge is 0.238 e. The molecule has 2 amide bonds. The first kappa shape index (κ1) is 16.8. The zero-order valence-corrected chi connectivity index (χ0v) is 15.1. The maximum absolute atomic E-state index is 13.1. The fraction of sp³-hybridized carbons (Fsp3) is 0.364. The van der Waals surface area contributed by atoms with E-state index < -0.39 is 5.41 Å². The Morgan fingerprint density at radius 2 is 1.73 bits per heavy atom. The number of nitrogens with one attached hydrogen (secondary N) is 1. The number of rotatable bonds is 4. The highest BCUT2D eigenvalue weighted by Crippen LogP contribution is 2.48. The second kappa shape index (κ2) is 6.60. The molecule has 0 radical (unpaired) electrons. The first-order valence-corrected chi connectivity index (χ1v) is 9.28. The van der Waals surface area contributed by atoms with Crippen LogP contribution in [0.15, 0.2) is 48.5 Å². The number of carbonyl (C=O) groups is 2. The Bertz CT molecular complexity index is 837. The van der Waals surface area contributed by atoms with Gasteiger partial charge >= 0.3 is 0 Å². The molecular formula is C22H24N2O2. The third kappa shape index (κ3) is 3.12. The summed E-state index contributed by atoms with van der Waals surface area (Å²) < 4.78 is 0. The van der Waals surface area contributed by atoms with Crippen LogP contribution in [0.25, 0.3) is 0 Å². The molecule has 1 aliphatic heterocycles. The third-order valence-corrected chi connectivity index (χ3v) is 5.59. The van der Waals surface area contributed by atoms with Crippen molar-refractivity contribution in [1.29, 1.82) is 0 Å². The molecule has 0 spiro atoms. The van der Waals surface area contributed by atoms with E-state index in [9.17, 15) is 9.59 Å². The quantitative estimate of drug-likeness (QED) is 0.864. The lowest BCUT2D eigenvalue weighted by atomic mass is 9.97. The SMILES string of the molecule is Cc1ccc(CNC(=O)C2(C(=O)N3CCc4ccccc4C3)CC2)cc1. The third-order valence-electron chi connectivity index (χ3n) is 5.59. The number of aryl methyl sites for hydroxylation is 1. The van der Waals surface area contributed by atoms with Crippen molar-refractivity contribution in [3.8, 4) is 0 Å². The number of carbonyl (C=O) groups excluding carboxylic acids is 2. The largest absolute Gasteiger partial charge is 0.351 e. The van der Waals surface area contributed by atoms with Crippen molar-refractivity contribution >= 4 is 11.8 Å². The van der Waals surface area contributed by atoms with Gasteiger partial charge in [0.15, 0.2) is 0 Å². The van der Waals surface area contributed by atoms with Crippen molar-refractivity contribution in [2.24, 2.45) is 5.41 Å². The zero-order valence-electron chi connectivity index (χ0n) is 15.1. The minimum atomic E-state index is -0.836. The van der Waals surface area contributed by atoms with E-state index in [1.807, 2.05) is 48.2 Å². The topological polar surface area (TPSA) is 49.4 Å². The molecule has 0 saturated heterocycles. The molecule has 1 fully saturated rings. The molecule has 134 valence electrons. The molecule has 4 heteroatoms. The molecule has 2 aliphatic rings. The van der Waals surface area contributed by atoms with Crippen molar-refractivity contribution in [3.63, 3.8) is 0 Å². The van der Waals surface area contributed by atoms with E-state index in [1.165, 1.54) is 16.7 Å². The summed E-state index contributed by atoms with van der Waals surface area (Å²) in [5.74, 6) is -0.129. The molecule has 2 aromatic rings. The van der Waals surface area contributed by atoms with E-state index in [1.54, 1.807) is 0 Å². The molecule has 2 aromatic carbocycles. The lowest BCUT2D eigenvalue weighted by Crippen LogP contribution is -2.46. The second-order valence-corrected chi connectivity index (χ2v) is 7.50. The summed E-state index contributed by atoms with van der Waals surface area (Å²) in [6.45, 7) is 3.82. The maximum Gasteiger partial charge on any atom is 0.238 e. The summed E-state index contributed by atoms with van der Waals surface area (Å²) in [6, 6.07) is 16.3. The maximum atomic E-state index is 13.1. The molecule has 0 atom stereocenters. The number of benzene rings is 2. The van der Waals surface area contributed by atoms with Gasteiger partial charge in [-0.2, -0.15) is 0 Å². The minimum Gasteiger partial charge on any atom is -0.351 e. The van der Waals surface area contributed by atoms with Crippen molar-refractivity contribution < 1.29 is 9.59 Å². The van der Waals surface area contributed by atoms with Gasteiger partial charge in [-0.15, -0.1) is 0 Å². The minimum absolute atomic E-state index is 0.00610. The molecule has 1 saturated carbocycles. The van der Waals surface area contributed by atoms with Gasteiger partial charge in [-0.05, 0) is 42.9 Å². The van der Waals surface area contributed by atoms with Crippen LogP contribution in [0, 0.1) is 12.3 Å². The van der Waals surface area contributed by atoms with Gasteiger partial charge in [0, 0.05) is 19.6 Å². The van der Waals surface area contributed by atoms with Crippen molar-refractivity contribution in [2.45, 2.75) is 39.3 Å². The van der Waals surface area contributed by atoms with Crippen LogP contribution in [-0.4, -0.2) is 23.3 Å². The lowest BCUT2D eigenvalue weighted by Gasteiger charge is -2.31. The van der Waals surface area contributed by atoms with Gasteiger partial charge in [0.1, 0.15) is 5.41 Å². The molecule has 26 heavy (non-hydrogen) atoms. The number of fused-ring (bicyclic) bond motifs is 1. The highest BCUT2D eigenvalue weighted by Gasteiger charge is 2.58. The van der Waals surface area contributed by atoms with E-state index in [0.717, 1.165) is 12.0 Å². The number of amides is 2. The van der Waals surface area contributed by atoms with Gasteiger partial charge in [0.2, 0.25) is 11.8 Å². The Morgan fingerprint density at radius 3 is 2.42 bits per heavy atom. The van der Waals surface area contributed by atoms with Crippen LogP contribution in [0.1, 0.15) is 35.1 Å². The molecule has 1 heterocycles. The summed E-state index contributed by atoms with van der Waals surface area (Å²) in [5.41, 5.74) is 3.92. The number of nitrogens with zero attached hydrogens (tertiary/aromatic N) is 1.